The zero-order valence-corrected chi connectivity index (χ0v) is 10.7. The van der Waals surface area contributed by atoms with E-state index in [-0.39, 0.29) is 5.25 Å². The summed E-state index contributed by atoms with van der Waals surface area (Å²) in [5.41, 5.74) is 0. The molecular weight excluding hydrogens is 276 g/mol. The molecule has 0 saturated carbocycles. The Morgan fingerprint density at radius 1 is 1.53 bits per heavy atom. The minimum atomic E-state index is -0.984. The molecule has 1 saturated heterocycles. The van der Waals surface area contributed by atoms with Gasteiger partial charge in [0.25, 0.3) is 0 Å². The van der Waals surface area contributed by atoms with E-state index < -0.39 is 10.8 Å². The Balaban J connectivity index is 2.12. The van der Waals surface area contributed by atoms with Gasteiger partial charge >= 0.3 is 0 Å². The van der Waals surface area contributed by atoms with Crippen LogP contribution >= 0.6 is 15.9 Å². The summed E-state index contributed by atoms with van der Waals surface area (Å²) >= 11 is 3.29. The average molecular weight is 289 g/mol. The van der Waals surface area contributed by atoms with E-state index in [1.54, 1.807) is 0 Å². The molecule has 5 heteroatoms. The first-order valence-corrected chi connectivity index (χ1v) is 7.02. The maximum Gasteiger partial charge on any atom is 0.128 e. The fourth-order valence-corrected chi connectivity index (χ4v) is 3.53. The molecule has 0 bridgehead atoms. The van der Waals surface area contributed by atoms with Gasteiger partial charge < -0.3 is 5.32 Å². The van der Waals surface area contributed by atoms with Crippen LogP contribution in [-0.2, 0) is 10.8 Å². The number of pyridine rings is 1. The number of halogens is 1. The summed E-state index contributed by atoms with van der Waals surface area (Å²) < 4.78 is 12.9. The molecule has 0 aromatic carbocycles. The highest BCUT2D eigenvalue weighted by molar-refractivity contribution is 9.10. The Morgan fingerprint density at radius 3 is 3.07 bits per heavy atom. The summed E-state index contributed by atoms with van der Waals surface area (Å²) in [7, 11) is -0.984. The van der Waals surface area contributed by atoms with Gasteiger partial charge in [-0.1, -0.05) is 6.07 Å². The minimum Gasteiger partial charge on any atom is -0.316 e. The normalized spacial score (nSPS) is 23.7. The number of aromatic nitrogens is 1. The van der Waals surface area contributed by atoms with Crippen molar-refractivity contribution >= 4 is 26.7 Å². The Morgan fingerprint density at radius 2 is 2.40 bits per heavy atom. The van der Waals surface area contributed by atoms with Crippen molar-refractivity contribution in [2.75, 3.05) is 13.1 Å². The lowest BCUT2D eigenvalue weighted by Crippen LogP contribution is -2.36. The molecule has 2 heterocycles. The van der Waals surface area contributed by atoms with Crippen LogP contribution < -0.4 is 5.32 Å². The Hall–Kier alpha value is -0.260. The van der Waals surface area contributed by atoms with Crippen molar-refractivity contribution in [1.82, 2.24) is 10.3 Å². The Labute approximate surface area is 100 Å². The predicted molar refractivity (Wildman–Crippen MR) is 64.2 cm³/mol. The lowest BCUT2D eigenvalue weighted by Gasteiger charge is -2.21. The van der Waals surface area contributed by atoms with Crippen molar-refractivity contribution in [3.8, 4) is 0 Å². The van der Waals surface area contributed by atoms with Crippen LogP contribution in [0.3, 0.4) is 0 Å². The second-order valence-corrected chi connectivity index (χ2v) is 6.06. The number of piperidine rings is 1. The minimum absolute atomic E-state index is 0.209. The van der Waals surface area contributed by atoms with E-state index in [4.69, 9.17) is 0 Å². The first kappa shape index (κ1) is 11.2. The molecule has 0 amide bonds. The van der Waals surface area contributed by atoms with Crippen LogP contribution in [0.15, 0.2) is 27.8 Å². The van der Waals surface area contributed by atoms with Crippen molar-refractivity contribution < 1.29 is 4.21 Å². The molecule has 2 rings (SSSR count). The van der Waals surface area contributed by atoms with Gasteiger partial charge in [-0.15, -0.1) is 0 Å². The van der Waals surface area contributed by atoms with Crippen LogP contribution in [0, 0.1) is 0 Å². The van der Waals surface area contributed by atoms with Gasteiger partial charge in [0.05, 0.1) is 16.0 Å². The number of rotatable bonds is 2. The molecule has 0 unspecified atom stereocenters. The van der Waals surface area contributed by atoms with Crippen molar-refractivity contribution in [2.45, 2.75) is 23.1 Å². The zero-order chi connectivity index (χ0) is 10.7. The second kappa shape index (κ2) is 5.18. The fraction of sp³-hybridized carbons (Fsp3) is 0.500. The summed E-state index contributed by atoms with van der Waals surface area (Å²) in [4.78, 5) is 4.24. The summed E-state index contributed by atoms with van der Waals surface area (Å²) in [6, 6.07) is 5.55. The molecule has 82 valence electrons. The first-order chi connectivity index (χ1) is 7.27. The van der Waals surface area contributed by atoms with E-state index in [1.807, 2.05) is 18.2 Å². The van der Waals surface area contributed by atoms with Crippen LogP contribution in [-0.4, -0.2) is 27.5 Å². The van der Waals surface area contributed by atoms with E-state index in [2.05, 4.69) is 26.2 Å². The molecule has 0 aliphatic carbocycles. The van der Waals surface area contributed by atoms with Crippen LogP contribution in [0.4, 0.5) is 0 Å². The number of nitrogens with zero attached hydrogens (tertiary/aromatic N) is 1. The molecule has 15 heavy (non-hydrogen) atoms. The van der Waals surface area contributed by atoms with Crippen molar-refractivity contribution in [3.05, 3.63) is 22.8 Å². The van der Waals surface area contributed by atoms with Gasteiger partial charge in [-0.25, -0.2) is 4.98 Å². The summed E-state index contributed by atoms with van der Waals surface area (Å²) in [5, 5.41) is 4.16. The average Bonchev–Trinajstić information content (AvgIpc) is 2.29. The molecule has 2 atom stereocenters. The maximum absolute atomic E-state index is 12.1. The lowest BCUT2D eigenvalue weighted by molar-refractivity contribution is 0.519. The van der Waals surface area contributed by atoms with Gasteiger partial charge in [-0.2, -0.15) is 0 Å². The van der Waals surface area contributed by atoms with Gasteiger partial charge in [0.2, 0.25) is 0 Å². The lowest BCUT2D eigenvalue weighted by atomic mass is 10.2. The molecule has 1 fully saturated rings. The molecule has 0 radical (unpaired) electrons. The molecule has 1 aliphatic rings. The van der Waals surface area contributed by atoms with E-state index in [0.29, 0.717) is 5.03 Å². The van der Waals surface area contributed by atoms with Gasteiger partial charge in [-0.05, 0) is 47.4 Å². The third kappa shape index (κ3) is 2.86. The second-order valence-electron chi connectivity index (χ2n) is 3.56. The van der Waals surface area contributed by atoms with Crippen LogP contribution in [0.1, 0.15) is 12.8 Å². The molecule has 1 aromatic heterocycles. The zero-order valence-electron chi connectivity index (χ0n) is 8.28. The van der Waals surface area contributed by atoms with Crippen molar-refractivity contribution in [2.24, 2.45) is 0 Å². The molecule has 1 aliphatic heterocycles. The van der Waals surface area contributed by atoms with Crippen LogP contribution in [0.25, 0.3) is 0 Å². The van der Waals surface area contributed by atoms with Crippen molar-refractivity contribution in [1.29, 1.82) is 0 Å². The number of nitrogens with one attached hydrogen (secondary N) is 1. The smallest absolute Gasteiger partial charge is 0.128 e. The predicted octanol–water partition coefficient (Wildman–Crippen LogP) is 1.70. The highest BCUT2D eigenvalue weighted by Crippen LogP contribution is 2.17. The maximum atomic E-state index is 12.1. The van der Waals surface area contributed by atoms with Gasteiger partial charge in [0.1, 0.15) is 9.63 Å². The van der Waals surface area contributed by atoms with E-state index in [0.717, 1.165) is 30.5 Å². The Bertz CT molecular complexity index is 366. The summed E-state index contributed by atoms with van der Waals surface area (Å²) in [6.45, 7) is 1.88. The first-order valence-electron chi connectivity index (χ1n) is 5.01. The monoisotopic (exact) mass is 288 g/mol. The van der Waals surface area contributed by atoms with Crippen LogP contribution in [0.2, 0.25) is 0 Å². The van der Waals surface area contributed by atoms with Gasteiger partial charge in [0, 0.05) is 6.54 Å². The van der Waals surface area contributed by atoms with Crippen molar-refractivity contribution in [3.63, 3.8) is 0 Å². The van der Waals surface area contributed by atoms with E-state index in [9.17, 15) is 4.21 Å². The number of hydrogen-bond acceptors (Lipinski definition) is 3. The molecular formula is C10H13BrN2OS. The van der Waals surface area contributed by atoms with Gasteiger partial charge in [0.15, 0.2) is 0 Å². The highest BCUT2D eigenvalue weighted by atomic mass is 79.9. The highest BCUT2D eigenvalue weighted by Gasteiger charge is 2.21. The SMILES string of the molecule is O=[S@@](c1cccc(Br)n1)[C@H]1CCCNC1. The Kier molecular flexibility index (Phi) is 3.88. The molecule has 3 nitrogen and oxygen atoms in total. The van der Waals surface area contributed by atoms with E-state index in [1.165, 1.54) is 0 Å². The summed E-state index contributed by atoms with van der Waals surface area (Å²) in [6.07, 6.45) is 2.12. The van der Waals surface area contributed by atoms with Gasteiger partial charge in [-0.3, -0.25) is 4.21 Å². The standard InChI is InChI=1S/C10H13BrN2OS/c11-9-4-1-5-10(13-9)15(14)8-3-2-6-12-7-8/h1,4-5,8,12H,2-3,6-7H2/t8-,15+/m0/s1. The molecule has 1 aromatic rings. The third-order valence-corrected chi connectivity index (χ3v) is 4.54. The quantitative estimate of drug-likeness (QED) is 0.843. The third-order valence-electron chi connectivity index (χ3n) is 2.45. The largest absolute Gasteiger partial charge is 0.316 e. The molecule has 1 N–H and O–H groups in total. The molecule has 0 spiro atoms. The number of hydrogen-bond donors (Lipinski definition) is 1. The van der Waals surface area contributed by atoms with Crippen LogP contribution in [0.5, 0.6) is 0 Å². The fourth-order valence-electron chi connectivity index (χ4n) is 1.68. The topological polar surface area (TPSA) is 42.0 Å². The van der Waals surface area contributed by atoms with E-state index >= 15 is 0 Å². The summed E-state index contributed by atoms with van der Waals surface area (Å²) in [5.74, 6) is 0.